The molecule has 21 heavy (non-hydrogen) atoms. The number of ether oxygens (including phenoxy) is 1. The van der Waals surface area contributed by atoms with Crippen molar-refractivity contribution in [2.75, 3.05) is 7.11 Å². The van der Waals surface area contributed by atoms with Crippen molar-refractivity contribution in [1.82, 2.24) is 9.97 Å². The highest BCUT2D eigenvalue weighted by molar-refractivity contribution is 5.82. The topological polar surface area (TPSA) is 98.6 Å². The molecule has 0 aliphatic heterocycles. The summed E-state index contributed by atoms with van der Waals surface area (Å²) < 4.78 is 5.04. The van der Waals surface area contributed by atoms with Crippen LogP contribution in [0.4, 0.5) is 0 Å². The maximum Gasteiger partial charge on any atom is 0.200 e. The van der Waals surface area contributed by atoms with E-state index in [2.05, 4.69) is 9.97 Å². The number of nitrogens with zero attached hydrogens (tertiary/aromatic N) is 1. The Morgan fingerprint density at radius 1 is 1.10 bits per heavy atom. The molecule has 0 fully saturated rings. The van der Waals surface area contributed by atoms with E-state index in [-0.39, 0.29) is 23.0 Å². The van der Waals surface area contributed by atoms with Crippen LogP contribution in [0.2, 0.25) is 0 Å². The third kappa shape index (κ3) is 2.01. The van der Waals surface area contributed by atoms with Crippen molar-refractivity contribution in [1.29, 1.82) is 0 Å². The lowest BCUT2D eigenvalue weighted by molar-refractivity contribution is 0.350. The number of phenols is 3. The maximum absolute atomic E-state index is 9.97. The van der Waals surface area contributed by atoms with Gasteiger partial charge in [-0.2, -0.15) is 0 Å². The van der Waals surface area contributed by atoms with Crippen LogP contribution in [0.3, 0.4) is 0 Å². The summed E-state index contributed by atoms with van der Waals surface area (Å²) in [5.74, 6) is 0.277. The standard InChI is InChI=1S/C15H14N2O4/c1-7-9(6-12(21-2)14(20)13(7)19)15-16-10-4-3-8(18)5-11(10)17-15/h3-6,18-20H,1-2H3,(H,16,17). The number of phenolic OH excluding ortho intramolecular Hbond substituents is 3. The summed E-state index contributed by atoms with van der Waals surface area (Å²) in [6.45, 7) is 1.68. The summed E-state index contributed by atoms with van der Waals surface area (Å²) in [7, 11) is 1.41. The number of aromatic amines is 1. The van der Waals surface area contributed by atoms with Crippen LogP contribution in [0.25, 0.3) is 22.4 Å². The molecule has 1 aromatic heterocycles. The molecule has 6 nitrogen and oxygen atoms in total. The minimum absolute atomic E-state index is 0.139. The SMILES string of the molecule is COc1cc(-c2nc3ccc(O)cc3[nH]2)c(C)c(O)c1O. The third-order valence-electron chi connectivity index (χ3n) is 3.43. The lowest BCUT2D eigenvalue weighted by Crippen LogP contribution is -1.91. The molecule has 0 atom stereocenters. The van der Waals surface area contributed by atoms with Gasteiger partial charge in [0.05, 0.1) is 18.1 Å². The third-order valence-corrected chi connectivity index (χ3v) is 3.43. The van der Waals surface area contributed by atoms with Crippen molar-refractivity contribution in [2.24, 2.45) is 0 Å². The number of hydrogen-bond donors (Lipinski definition) is 4. The van der Waals surface area contributed by atoms with Gasteiger partial charge in [-0.25, -0.2) is 4.98 Å². The largest absolute Gasteiger partial charge is 0.508 e. The summed E-state index contributed by atoms with van der Waals surface area (Å²) in [5.41, 5.74) is 2.46. The van der Waals surface area contributed by atoms with E-state index in [1.54, 1.807) is 31.2 Å². The fourth-order valence-corrected chi connectivity index (χ4v) is 2.26. The van der Waals surface area contributed by atoms with Gasteiger partial charge in [0, 0.05) is 17.2 Å². The molecule has 0 unspecified atom stereocenters. The second kappa shape index (κ2) is 4.59. The van der Waals surface area contributed by atoms with Crippen LogP contribution < -0.4 is 4.74 Å². The summed E-state index contributed by atoms with van der Waals surface area (Å²) >= 11 is 0. The Morgan fingerprint density at radius 3 is 2.57 bits per heavy atom. The van der Waals surface area contributed by atoms with E-state index in [9.17, 15) is 15.3 Å². The molecule has 1 heterocycles. The highest BCUT2D eigenvalue weighted by Gasteiger charge is 2.18. The Labute approximate surface area is 120 Å². The van der Waals surface area contributed by atoms with Gasteiger partial charge >= 0.3 is 0 Å². The number of rotatable bonds is 2. The Morgan fingerprint density at radius 2 is 1.86 bits per heavy atom. The van der Waals surface area contributed by atoms with Gasteiger partial charge in [0.25, 0.3) is 0 Å². The molecule has 0 aliphatic rings. The van der Waals surface area contributed by atoms with Crippen molar-refractivity contribution in [3.8, 4) is 34.4 Å². The van der Waals surface area contributed by atoms with E-state index in [1.807, 2.05) is 0 Å². The van der Waals surface area contributed by atoms with Crippen LogP contribution in [-0.4, -0.2) is 32.4 Å². The van der Waals surface area contributed by atoms with Crippen molar-refractivity contribution >= 4 is 11.0 Å². The number of benzene rings is 2. The van der Waals surface area contributed by atoms with Crippen LogP contribution in [0, 0.1) is 6.92 Å². The number of aromatic nitrogens is 2. The van der Waals surface area contributed by atoms with Crippen LogP contribution in [0.1, 0.15) is 5.56 Å². The molecular formula is C15H14N2O4. The average molecular weight is 286 g/mol. The van der Waals surface area contributed by atoms with Gasteiger partial charge < -0.3 is 25.0 Å². The molecule has 0 aliphatic carbocycles. The van der Waals surface area contributed by atoms with E-state index in [0.29, 0.717) is 28.0 Å². The second-order valence-corrected chi connectivity index (χ2v) is 4.74. The van der Waals surface area contributed by atoms with Crippen LogP contribution in [0.5, 0.6) is 23.0 Å². The minimum Gasteiger partial charge on any atom is -0.508 e. The van der Waals surface area contributed by atoms with Gasteiger partial charge in [-0.15, -0.1) is 0 Å². The summed E-state index contributed by atoms with van der Waals surface area (Å²) in [5, 5.41) is 29.2. The molecular weight excluding hydrogens is 272 g/mol. The van der Waals surface area contributed by atoms with E-state index < -0.39 is 0 Å². The predicted octanol–water partition coefficient (Wildman–Crippen LogP) is 2.66. The number of methoxy groups -OCH3 is 1. The van der Waals surface area contributed by atoms with Crippen molar-refractivity contribution in [3.05, 3.63) is 29.8 Å². The summed E-state index contributed by atoms with van der Waals surface area (Å²) in [6.07, 6.45) is 0. The van der Waals surface area contributed by atoms with E-state index in [0.717, 1.165) is 0 Å². The van der Waals surface area contributed by atoms with E-state index in [4.69, 9.17) is 4.74 Å². The normalized spacial score (nSPS) is 11.0. The Hall–Kier alpha value is -2.89. The van der Waals surface area contributed by atoms with Gasteiger partial charge in [0.2, 0.25) is 5.75 Å². The Balaban J connectivity index is 2.24. The van der Waals surface area contributed by atoms with Crippen LogP contribution in [-0.2, 0) is 0 Å². The number of aromatic hydroxyl groups is 3. The van der Waals surface area contributed by atoms with Crippen molar-refractivity contribution in [3.63, 3.8) is 0 Å². The average Bonchev–Trinajstić information content (AvgIpc) is 2.88. The first kappa shape index (κ1) is 13.1. The molecule has 0 spiro atoms. The first-order chi connectivity index (χ1) is 10.0. The predicted molar refractivity (Wildman–Crippen MR) is 77.8 cm³/mol. The number of hydrogen-bond acceptors (Lipinski definition) is 5. The summed E-state index contributed by atoms with van der Waals surface area (Å²) in [6, 6.07) is 6.41. The van der Waals surface area contributed by atoms with Crippen molar-refractivity contribution in [2.45, 2.75) is 6.92 Å². The molecule has 3 aromatic rings. The number of fused-ring (bicyclic) bond motifs is 1. The van der Waals surface area contributed by atoms with Gasteiger partial charge in [-0.1, -0.05) is 0 Å². The highest BCUT2D eigenvalue weighted by Crippen LogP contribution is 2.43. The zero-order valence-electron chi connectivity index (χ0n) is 11.5. The van der Waals surface area contributed by atoms with Crippen molar-refractivity contribution < 1.29 is 20.1 Å². The molecule has 2 aromatic carbocycles. The number of nitrogens with one attached hydrogen (secondary N) is 1. The van der Waals surface area contributed by atoms with Crippen LogP contribution in [0.15, 0.2) is 24.3 Å². The van der Waals surface area contributed by atoms with E-state index in [1.165, 1.54) is 7.11 Å². The Kier molecular flexibility index (Phi) is 2.86. The lowest BCUT2D eigenvalue weighted by Gasteiger charge is -2.11. The second-order valence-electron chi connectivity index (χ2n) is 4.74. The van der Waals surface area contributed by atoms with E-state index >= 15 is 0 Å². The molecule has 0 bridgehead atoms. The molecule has 6 heteroatoms. The smallest absolute Gasteiger partial charge is 0.200 e. The molecule has 0 saturated heterocycles. The quantitative estimate of drug-likeness (QED) is 0.543. The summed E-state index contributed by atoms with van der Waals surface area (Å²) in [4.78, 5) is 7.49. The minimum atomic E-state index is -0.299. The van der Waals surface area contributed by atoms with Gasteiger partial charge in [0.15, 0.2) is 11.5 Å². The molecule has 108 valence electrons. The van der Waals surface area contributed by atoms with Crippen LogP contribution >= 0.6 is 0 Å². The molecule has 0 saturated carbocycles. The molecule has 0 radical (unpaired) electrons. The number of imidazole rings is 1. The number of H-pyrrole nitrogens is 1. The fourth-order valence-electron chi connectivity index (χ4n) is 2.26. The Bertz CT molecular complexity index is 839. The maximum atomic E-state index is 9.97. The fraction of sp³-hybridized carbons (Fsp3) is 0.133. The van der Waals surface area contributed by atoms with Gasteiger partial charge in [-0.05, 0) is 25.1 Å². The molecule has 0 amide bonds. The lowest BCUT2D eigenvalue weighted by atomic mass is 10.1. The highest BCUT2D eigenvalue weighted by atomic mass is 16.5. The zero-order valence-corrected chi connectivity index (χ0v) is 11.5. The first-order valence-electron chi connectivity index (χ1n) is 6.30. The van der Waals surface area contributed by atoms with Gasteiger partial charge in [-0.3, -0.25) is 0 Å². The monoisotopic (exact) mass is 286 g/mol. The van der Waals surface area contributed by atoms with Gasteiger partial charge in [0.1, 0.15) is 11.6 Å². The zero-order chi connectivity index (χ0) is 15.1. The molecule has 4 N–H and O–H groups in total. The molecule has 3 rings (SSSR count). The first-order valence-corrected chi connectivity index (χ1v) is 6.30.